The first-order valence-corrected chi connectivity index (χ1v) is 7.41. The van der Waals surface area contributed by atoms with Gasteiger partial charge in [-0.15, -0.1) is 0 Å². The Bertz CT molecular complexity index is 617. The standard InChI is InChI=1S/C18H19ClO/c1-3-14-8-9-16(12-15(14)4-2)18(20)11-13-6-5-7-17(19)10-13/h5-10,12H,3-4,11H2,1-2H3. The molecule has 0 heterocycles. The maximum atomic E-state index is 12.4. The lowest BCUT2D eigenvalue weighted by molar-refractivity contribution is 0.0993. The van der Waals surface area contributed by atoms with Crippen LogP contribution in [0.1, 0.15) is 40.9 Å². The van der Waals surface area contributed by atoms with Crippen molar-refractivity contribution in [2.24, 2.45) is 0 Å². The number of aryl methyl sites for hydroxylation is 2. The number of rotatable bonds is 5. The third kappa shape index (κ3) is 3.49. The van der Waals surface area contributed by atoms with Gasteiger partial charge in [0.1, 0.15) is 0 Å². The zero-order valence-corrected chi connectivity index (χ0v) is 12.7. The van der Waals surface area contributed by atoms with Crippen molar-refractivity contribution >= 4 is 17.4 Å². The van der Waals surface area contributed by atoms with Gasteiger partial charge in [-0.05, 0) is 47.7 Å². The van der Waals surface area contributed by atoms with Crippen LogP contribution in [0.25, 0.3) is 0 Å². The van der Waals surface area contributed by atoms with Gasteiger partial charge in [-0.3, -0.25) is 4.79 Å². The molecule has 0 aliphatic rings. The van der Waals surface area contributed by atoms with Crippen LogP contribution in [0.3, 0.4) is 0 Å². The van der Waals surface area contributed by atoms with Crippen LogP contribution < -0.4 is 0 Å². The Labute approximate surface area is 125 Å². The molecule has 20 heavy (non-hydrogen) atoms. The summed E-state index contributed by atoms with van der Waals surface area (Å²) in [5.41, 5.74) is 4.34. The predicted octanol–water partition coefficient (Wildman–Crippen LogP) is 4.89. The number of ketones is 1. The summed E-state index contributed by atoms with van der Waals surface area (Å²) < 4.78 is 0. The fourth-order valence-corrected chi connectivity index (χ4v) is 2.62. The zero-order chi connectivity index (χ0) is 14.5. The number of hydrogen-bond acceptors (Lipinski definition) is 1. The Morgan fingerprint density at radius 3 is 2.40 bits per heavy atom. The van der Waals surface area contributed by atoms with E-state index in [1.807, 2.05) is 36.4 Å². The van der Waals surface area contributed by atoms with Gasteiger partial charge >= 0.3 is 0 Å². The minimum Gasteiger partial charge on any atom is -0.294 e. The summed E-state index contributed by atoms with van der Waals surface area (Å²) in [5, 5.41) is 0.672. The molecule has 0 saturated heterocycles. The molecule has 0 aliphatic heterocycles. The molecule has 1 nitrogen and oxygen atoms in total. The minimum atomic E-state index is 0.143. The van der Waals surface area contributed by atoms with Crippen molar-refractivity contribution in [3.8, 4) is 0 Å². The molecule has 0 fully saturated rings. The molecule has 2 heteroatoms. The highest BCUT2D eigenvalue weighted by molar-refractivity contribution is 6.30. The Hall–Kier alpha value is -1.60. The quantitative estimate of drug-likeness (QED) is 0.715. The summed E-state index contributed by atoms with van der Waals surface area (Å²) in [6.07, 6.45) is 2.36. The molecule has 0 saturated carbocycles. The monoisotopic (exact) mass is 286 g/mol. The van der Waals surface area contributed by atoms with E-state index >= 15 is 0 Å². The van der Waals surface area contributed by atoms with E-state index in [2.05, 4.69) is 19.9 Å². The van der Waals surface area contributed by atoms with E-state index in [0.29, 0.717) is 11.4 Å². The number of hydrogen-bond donors (Lipinski definition) is 0. The predicted molar refractivity (Wildman–Crippen MR) is 84.7 cm³/mol. The van der Waals surface area contributed by atoms with Crippen molar-refractivity contribution < 1.29 is 4.79 Å². The van der Waals surface area contributed by atoms with E-state index in [-0.39, 0.29) is 5.78 Å². The Kier molecular flexibility index (Phi) is 4.97. The molecule has 0 atom stereocenters. The van der Waals surface area contributed by atoms with Gasteiger partial charge in [-0.2, -0.15) is 0 Å². The van der Waals surface area contributed by atoms with Crippen LogP contribution >= 0.6 is 11.6 Å². The number of carbonyl (C=O) groups excluding carboxylic acids is 1. The lowest BCUT2D eigenvalue weighted by atomic mass is 9.96. The van der Waals surface area contributed by atoms with Crippen LogP contribution in [0.2, 0.25) is 5.02 Å². The number of carbonyl (C=O) groups is 1. The van der Waals surface area contributed by atoms with Gasteiger partial charge in [0.15, 0.2) is 5.78 Å². The van der Waals surface area contributed by atoms with Gasteiger partial charge in [-0.1, -0.05) is 49.7 Å². The summed E-state index contributed by atoms with van der Waals surface area (Å²) in [6.45, 7) is 4.27. The highest BCUT2D eigenvalue weighted by Crippen LogP contribution is 2.17. The van der Waals surface area contributed by atoms with E-state index in [0.717, 1.165) is 24.0 Å². The Morgan fingerprint density at radius 2 is 1.75 bits per heavy atom. The van der Waals surface area contributed by atoms with Crippen LogP contribution in [0.15, 0.2) is 42.5 Å². The highest BCUT2D eigenvalue weighted by atomic mass is 35.5. The SMILES string of the molecule is CCc1ccc(C(=O)Cc2cccc(Cl)c2)cc1CC. The molecule has 0 aromatic heterocycles. The van der Waals surface area contributed by atoms with Crippen LogP contribution in [0.4, 0.5) is 0 Å². The third-order valence-corrected chi connectivity index (χ3v) is 3.78. The molecule has 104 valence electrons. The van der Waals surface area contributed by atoms with E-state index in [4.69, 9.17) is 11.6 Å². The number of halogens is 1. The summed E-state index contributed by atoms with van der Waals surface area (Å²) >= 11 is 5.95. The largest absolute Gasteiger partial charge is 0.294 e. The van der Waals surface area contributed by atoms with Crippen molar-refractivity contribution in [2.45, 2.75) is 33.1 Å². The van der Waals surface area contributed by atoms with Gasteiger partial charge in [0, 0.05) is 17.0 Å². The summed E-state index contributed by atoms with van der Waals surface area (Å²) in [4.78, 5) is 12.4. The van der Waals surface area contributed by atoms with Crippen molar-refractivity contribution in [1.82, 2.24) is 0 Å². The molecule has 0 radical (unpaired) electrons. The Morgan fingerprint density at radius 1 is 1.00 bits per heavy atom. The molecule has 0 aliphatic carbocycles. The van der Waals surface area contributed by atoms with Gasteiger partial charge in [0.2, 0.25) is 0 Å². The van der Waals surface area contributed by atoms with E-state index in [1.165, 1.54) is 11.1 Å². The average molecular weight is 287 g/mol. The van der Waals surface area contributed by atoms with Crippen molar-refractivity contribution in [3.05, 3.63) is 69.7 Å². The fraction of sp³-hybridized carbons (Fsp3) is 0.278. The summed E-state index contributed by atoms with van der Waals surface area (Å²) in [6, 6.07) is 13.5. The first kappa shape index (κ1) is 14.8. The zero-order valence-electron chi connectivity index (χ0n) is 11.9. The number of benzene rings is 2. The molecule has 0 unspecified atom stereocenters. The van der Waals surface area contributed by atoms with E-state index in [1.54, 1.807) is 0 Å². The van der Waals surface area contributed by atoms with Crippen LogP contribution in [0.5, 0.6) is 0 Å². The smallest absolute Gasteiger partial charge is 0.167 e. The third-order valence-electron chi connectivity index (χ3n) is 3.54. The van der Waals surface area contributed by atoms with Crippen molar-refractivity contribution in [1.29, 1.82) is 0 Å². The van der Waals surface area contributed by atoms with Crippen molar-refractivity contribution in [2.75, 3.05) is 0 Å². The molecular weight excluding hydrogens is 268 g/mol. The molecule has 0 amide bonds. The van der Waals surface area contributed by atoms with Gasteiger partial charge in [-0.25, -0.2) is 0 Å². The second-order valence-electron chi connectivity index (χ2n) is 4.92. The van der Waals surface area contributed by atoms with Gasteiger partial charge in [0.05, 0.1) is 0 Å². The normalized spacial score (nSPS) is 10.6. The summed E-state index contributed by atoms with van der Waals surface area (Å²) in [5.74, 6) is 0.143. The Balaban J connectivity index is 2.21. The first-order valence-electron chi connectivity index (χ1n) is 7.03. The second kappa shape index (κ2) is 6.71. The maximum absolute atomic E-state index is 12.4. The molecular formula is C18H19ClO. The van der Waals surface area contributed by atoms with Gasteiger partial charge in [0.25, 0.3) is 0 Å². The second-order valence-corrected chi connectivity index (χ2v) is 5.36. The number of Topliss-reactive ketones (excluding diaryl/α,β-unsaturated/α-hetero) is 1. The van der Waals surface area contributed by atoms with Crippen LogP contribution in [0, 0.1) is 0 Å². The topological polar surface area (TPSA) is 17.1 Å². The molecule has 0 N–H and O–H groups in total. The van der Waals surface area contributed by atoms with E-state index in [9.17, 15) is 4.79 Å². The molecule has 0 spiro atoms. The lowest BCUT2D eigenvalue weighted by Gasteiger charge is -2.08. The van der Waals surface area contributed by atoms with Crippen molar-refractivity contribution in [3.63, 3.8) is 0 Å². The first-order chi connectivity index (χ1) is 9.63. The summed E-state index contributed by atoms with van der Waals surface area (Å²) in [7, 11) is 0. The minimum absolute atomic E-state index is 0.143. The molecule has 2 aromatic carbocycles. The molecule has 0 bridgehead atoms. The van der Waals surface area contributed by atoms with Crippen LogP contribution in [-0.2, 0) is 19.3 Å². The van der Waals surface area contributed by atoms with E-state index < -0.39 is 0 Å². The molecule has 2 aromatic rings. The van der Waals surface area contributed by atoms with Crippen LogP contribution in [-0.4, -0.2) is 5.78 Å². The molecule has 2 rings (SSSR count). The average Bonchev–Trinajstić information content (AvgIpc) is 2.46. The maximum Gasteiger partial charge on any atom is 0.167 e. The fourth-order valence-electron chi connectivity index (χ4n) is 2.41. The van der Waals surface area contributed by atoms with Gasteiger partial charge < -0.3 is 0 Å². The highest BCUT2D eigenvalue weighted by Gasteiger charge is 2.09. The lowest BCUT2D eigenvalue weighted by Crippen LogP contribution is -2.05.